The molecular weight excluding hydrogens is 316 g/mol. The lowest BCUT2D eigenvalue weighted by Crippen LogP contribution is -2.60. The third kappa shape index (κ3) is 3.68. The lowest BCUT2D eigenvalue weighted by molar-refractivity contribution is -0.134. The maximum atomic E-state index is 12.8. The van der Waals surface area contributed by atoms with Crippen LogP contribution in [0.3, 0.4) is 0 Å². The van der Waals surface area contributed by atoms with Crippen molar-refractivity contribution in [2.24, 2.45) is 4.99 Å². The third-order valence-corrected chi connectivity index (χ3v) is 4.47. The summed E-state index contributed by atoms with van der Waals surface area (Å²) >= 11 is 0. The van der Waals surface area contributed by atoms with Gasteiger partial charge in [0.25, 0.3) is 5.91 Å². The molecule has 25 heavy (non-hydrogen) atoms. The van der Waals surface area contributed by atoms with Crippen LogP contribution in [0, 0.1) is 0 Å². The van der Waals surface area contributed by atoms with E-state index in [1.165, 1.54) is 0 Å². The first-order valence-electron chi connectivity index (χ1n) is 8.44. The number of amidine groups is 1. The SMILES string of the molecule is CC1=CC2=NC(=O)CC(C)(C(=O)NCCCc3ccccn3)N2C=C1. The predicted octanol–water partition coefficient (Wildman–Crippen LogP) is 1.99. The molecule has 2 aliphatic rings. The van der Waals surface area contributed by atoms with Crippen molar-refractivity contribution in [3.05, 3.63) is 54.0 Å². The van der Waals surface area contributed by atoms with Crippen LogP contribution in [-0.4, -0.2) is 39.6 Å². The number of hydrogen-bond donors (Lipinski definition) is 1. The average Bonchev–Trinajstić information content (AvgIpc) is 2.58. The molecule has 0 spiro atoms. The number of nitrogens with one attached hydrogen (secondary N) is 1. The number of rotatable bonds is 5. The first kappa shape index (κ1) is 17.1. The van der Waals surface area contributed by atoms with E-state index >= 15 is 0 Å². The highest BCUT2D eigenvalue weighted by atomic mass is 16.2. The summed E-state index contributed by atoms with van der Waals surface area (Å²) in [6.45, 7) is 4.26. The number of allylic oxidation sites excluding steroid dienone is 2. The van der Waals surface area contributed by atoms with Crippen LogP contribution in [-0.2, 0) is 16.0 Å². The van der Waals surface area contributed by atoms with E-state index in [4.69, 9.17) is 0 Å². The zero-order valence-corrected chi connectivity index (χ0v) is 14.5. The Labute approximate surface area is 147 Å². The Morgan fingerprint density at radius 2 is 2.24 bits per heavy atom. The van der Waals surface area contributed by atoms with Gasteiger partial charge in [0.15, 0.2) is 0 Å². The highest BCUT2D eigenvalue weighted by molar-refractivity contribution is 6.09. The minimum absolute atomic E-state index is 0.0692. The topological polar surface area (TPSA) is 74.7 Å². The second-order valence-electron chi connectivity index (χ2n) is 6.57. The van der Waals surface area contributed by atoms with Gasteiger partial charge in [0.2, 0.25) is 5.91 Å². The number of aryl methyl sites for hydroxylation is 1. The zero-order valence-electron chi connectivity index (χ0n) is 14.5. The van der Waals surface area contributed by atoms with Crippen LogP contribution in [0.2, 0.25) is 0 Å². The number of hydrogen-bond acceptors (Lipinski definition) is 4. The molecule has 1 aromatic heterocycles. The number of aromatic nitrogens is 1. The fourth-order valence-corrected chi connectivity index (χ4v) is 3.04. The molecule has 1 atom stereocenters. The normalized spacial score (nSPS) is 22.2. The molecule has 0 saturated heterocycles. The Morgan fingerprint density at radius 3 is 3.00 bits per heavy atom. The summed E-state index contributed by atoms with van der Waals surface area (Å²) < 4.78 is 0. The molecule has 1 unspecified atom stereocenters. The number of nitrogens with zero attached hydrogens (tertiary/aromatic N) is 3. The largest absolute Gasteiger partial charge is 0.354 e. The molecule has 0 aromatic carbocycles. The maximum absolute atomic E-state index is 12.8. The summed E-state index contributed by atoms with van der Waals surface area (Å²) in [6.07, 6.45) is 9.00. The molecule has 0 saturated carbocycles. The fourth-order valence-electron chi connectivity index (χ4n) is 3.04. The van der Waals surface area contributed by atoms with E-state index in [-0.39, 0.29) is 18.2 Å². The first-order chi connectivity index (χ1) is 12.0. The summed E-state index contributed by atoms with van der Waals surface area (Å²) in [5.41, 5.74) is 1.06. The minimum Gasteiger partial charge on any atom is -0.354 e. The van der Waals surface area contributed by atoms with Crippen molar-refractivity contribution < 1.29 is 9.59 Å². The number of amides is 2. The van der Waals surface area contributed by atoms with E-state index in [1.54, 1.807) is 18.0 Å². The molecular formula is C19H22N4O2. The van der Waals surface area contributed by atoms with Crippen molar-refractivity contribution in [1.29, 1.82) is 0 Å². The van der Waals surface area contributed by atoms with Crippen LogP contribution in [0.15, 0.2) is 53.3 Å². The molecule has 0 aliphatic carbocycles. The molecule has 0 fully saturated rings. The van der Waals surface area contributed by atoms with Gasteiger partial charge in [-0.05, 0) is 56.5 Å². The molecule has 1 aromatic rings. The van der Waals surface area contributed by atoms with Crippen molar-refractivity contribution in [2.45, 2.75) is 38.6 Å². The standard InChI is InChI=1S/C19H22N4O2/c1-14-8-11-23-16(12-14)22-17(24)13-19(23,2)18(25)21-10-5-7-15-6-3-4-9-20-15/h3-4,6,8-9,11-12H,5,7,10,13H2,1-2H3,(H,21,25). The molecule has 0 bridgehead atoms. The number of pyridine rings is 1. The van der Waals surface area contributed by atoms with Crippen LogP contribution < -0.4 is 5.32 Å². The van der Waals surface area contributed by atoms with Gasteiger partial charge in [-0.15, -0.1) is 0 Å². The predicted molar refractivity (Wildman–Crippen MR) is 95.8 cm³/mol. The van der Waals surface area contributed by atoms with Crippen LogP contribution >= 0.6 is 0 Å². The molecule has 130 valence electrons. The second-order valence-corrected chi connectivity index (χ2v) is 6.57. The van der Waals surface area contributed by atoms with Gasteiger partial charge in [-0.2, -0.15) is 4.99 Å². The fraction of sp³-hybridized carbons (Fsp3) is 0.368. The quantitative estimate of drug-likeness (QED) is 0.833. The van der Waals surface area contributed by atoms with Crippen LogP contribution in [0.5, 0.6) is 0 Å². The molecule has 6 nitrogen and oxygen atoms in total. The molecule has 3 heterocycles. The van der Waals surface area contributed by atoms with E-state index in [2.05, 4.69) is 15.3 Å². The molecule has 2 aliphatic heterocycles. The average molecular weight is 338 g/mol. The van der Waals surface area contributed by atoms with Crippen molar-refractivity contribution in [3.8, 4) is 0 Å². The minimum atomic E-state index is -0.952. The molecule has 6 heteroatoms. The Hall–Kier alpha value is -2.76. The van der Waals surface area contributed by atoms with Crippen LogP contribution in [0.25, 0.3) is 0 Å². The second kappa shape index (κ2) is 7.01. The van der Waals surface area contributed by atoms with Gasteiger partial charge in [0, 0.05) is 24.6 Å². The summed E-state index contributed by atoms with van der Waals surface area (Å²) in [5.74, 6) is 0.103. The monoisotopic (exact) mass is 338 g/mol. The Balaban J connectivity index is 1.62. The van der Waals surface area contributed by atoms with Crippen LogP contribution in [0.4, 0.5) is 0 Å². The van der Waals surface area contributed by atoms with Crippen molar-refractivity contribution in [1.82, 2.24) is 15.2 Å². The summed E-state index contributed by atoms with van der Waals surface area (Å²) in [4.78, 5) is 34.9. The third-order valence-electron chi connectivity index (χ3n) is 4.47. The molecule has 2 amide bonds. The number of carbonyl (C=O) groups is 2. The molecule has 0 radical (unpaired) electrons. The van der Waals surface area contributed by atoms with Gasteiger partial charge < -0.3 is 10.2 Å². The van der Waals surface area contributed by atoms with Gasteiger partial charge in [-0.25, -0.2) is 0 Å². The van der Waals surface area contributed by atoms with E-state index in [0.717, 1.165) is 24.1 Å². The lowest BCUT2D eigenvalue weighted by Gasteiger charge is -2.42. The Morgan fingerprint density at radius 1 is 1.40 bits per heavy atom. The lowest BCUT2D eigenvalue weighted by atomic mass is 9.90. The van der Waals surface area contributed by atoms with Crippen molar-refractivity contribution >= 4 is 17.6 Å². The maximum Gasteiger partial charge on any atom is 0.250 e. The summed E-state index contributed by atoms with van der Waals surface area (Å²) in [5, 5.41) is 2.96. The molecule has 3 rings (SSSR count). The van der Waals surface area contributed by atoms with E-state index in [1.807, 2.05) is 43.5 Å². The Kier molecular flexibility index (Phi) is 4.79. The summed E-state index contributed by atoms with van der Waals surface area (Å²) in [7, 11) is 0. The van der Waals surface area contributed by atoms with Crippen LogP contribution in [0.1, 0.15) is 32.4 Å². The van der Waals surface area contributed by atoms with Crippen molar-refractivity contribution in [3.63, 3.8) is 0 Å². The number of carbonyl (C=O) groups excluding carboxylic acids is 2. The van der Waals surface area contributed by atoms with Gasteiger partial charge in [0.05, 0.1) is 6.42 Å². The number of fused-ring (bicyclic) bond motifs is 1. The van der Waals surface area contributed by atoms with Gasteiger partial charge in [0.1, 0.15) is 11.4 Å². The van der Waals surface area contributed by atoms with Gasteiger partial charge in [-0.3, -0.25) is 14.6 Å². The Bertz CT molecular complexity index is 767. The first-order valence-corrected chi connectivity index (χ1v) is 8.44. The van der Waals surface area contributed by atoms with E-state index in [9.17, 15) is 9.59 Å². The zero-order chi connectivity index (χ0) is 17.9. The number of aliphatic imine (C=N–C) groups is 1. The summed E-state index contributed by atoms with van der Waals surface area (Å²) in [6, 6.07) is 5.81. The highest BCUT2D eigenvalue weighted by Gasteiger charge is 2.45. The highest BCUT2D eigenvalue weighted by Crippen LogP contribution is 2.29. The van der Waals surface area contributed by atoms with E-state index in [0.29, 0.717) is 12.4 Å². The van der Waals surface area contributed by atoms with Gasteiger partial charge >= 0.3 is 0 Å². The van der Waals surface area contributed by atoms with Gasteiger partial charge in [-0.1, -0.05) is 6.07 Å². The van der Waals surface area contributed by atoms with E-state index < -0.39 is 5.54 Å². The molecule has 1 N–H and O–H groups in total. The smallest absolute Gasteiger partial charge is 0.250 e. The van der Waals surface area contributed by atoms with Crippen molar-refractivity contribution in [2.75, 3.05) is 6.54 Å².